The molecule has 0 unspecified atom stereocenters. The van der Waals surface area contributed by atoms with E-state index >= 15 is 0 Å². The first-order valence-electron chi connectivity index (χ1n) is 9.82. The maximum atomic E-state index is 13.0. The zero-order valence-corrected chi connectivity index (χ0v) is 17.7. The number of carbonyl (C=O) groups excluding carboxylic acids is 2. The summed E-state index contributed by atoms with van der Waals surface area (Å²) in [5.74, 6) is -0.142. The number of carbonyl (C=O) groups is 2. The average Bonchev–Trinajstić information content (AvgIpc) is 2.69. The Kier molecular flexibility index (Phi) is 6.09. The van der Waals surface area contributed by atoms with Crippen LogP contribution in [0.5, 0.6) is 0 Å². The van der Waals surface area contributed by atoms with Gasteiger partial charge in [-0.15, -0.1) is 0 Å². The van der Waals surface area contributed by atoms with Crippen LogP contribution in [0.1, 0.15) is 30.9 Å². The van der Waals surface area contributed by atoms with Gasteiger partial charge in [0.05, 0.1) is 10.8 Å². The molecule has 0 aliphatic carbocycles. The molecule has 8 heteroatoms. The lowest BCUT2D eigenvalue weighted by Gasteiger charge is -2.38. The Balaban J connectivity index is 1.64. The second kappa shape index (κ2) is 8.21. The lowest BCUT2D eigenvalue weighted by molar-refractivity contribution is -0.141. The van der Waals surface area contributed by atoms with Gasteiger partial charge in [0.1, 0.15) is 0 Å². The molecular weight excluding hydrogens is 378 g/mol. The van der Waals surface area contributed by atoms with E-state index in [0.29, 0.717) is 44.2 Å². The molecule has 2 heterocycles. The zero-order chi connectivity index (χ0) is 20.5. The molecule has 2 aliphatic rings. The maximum Gasteiger partial charge on any atom is 0.243 e. The standard InChI is InChI=1S/C20H29N3O4S/c1-15-6-7-16(2)19(13-15)28(26,27)23-11-9-21(10-12-23)20(25)18-5-4-8-22(14-18)17(3)24/h6-7,13,18H,4-5,8-12,14H2,1-3H3/t18-/m0/s1. The van der Waals surface area contributed by atoms with E-state index in [9.17, 15) is 18.0 Å². The van der Waals surface area contributed by atoms with E-state index < -0.39 is 10.0 Å². The molecule has 1 aromatic carbocycles. The van der Waals surface area contributed by atoms with Crippen LogP contribution in [-0.2, 0) is 19.6 Å². The van der Waals surface area contributed by atoms with Gasteiger partial charge in [0.25, 0.3) is 0 Å². The minimum absolute atomic E-state index is 0.00179. The van der Waals surface area contributed by atoms with Crippen LogP contribution in [0.2, 0.25) is 0 Å². The number of aryl methyl sites for hydroxylation is 2. The van der Waals surface area contributed by atoms with Gasteiger partial charge in [0.2, 0.25) is 21.8 Å². The van der Waals surface area contributed by atoms with Crippen LogP contribution in [0.3, 0.4) is 0 Å². The van der Waals surface area contributed by atoms with Crippen LogP contribution in [0.15, 0.2) is 23.1 Å². The summed E-state index contributed by atoms with van der Waals surface area (Å²) in [6.07, 6.45) is 1.61. The fraction of sp³-hybridized carbons (Fsp3) is 0.600. The first-order valence-corrected chi connectivity index (χ1v) is 11.3. The highest BCUT2D eigenvalue weighted by molar-refractivity contribution is 7.89. The van der Waals surface area contributed by atoms with Crippen molar-refractivity contribution in [2.75, 3.05) is 39.3 Å². The first-order chi connectivity index (χ1) is 13.2. The number of piperazine rings is 1. The molecule has 1 atom stereocenters. The third kappa shape index (κ3) is 4.22. The molecular formula is C20H29N3O4S. The van der Waals surface area contributed by atoms with E-state index in [0.717, 1.165) is 24.0 Å². The summed E-state index contributed by atoms with van der Waals surface area (Å²) < 4.78 is 27.5. The first kappa shape index (κ1) is 20.8. The van der Waals surface area contributed by atoms with E-state index in [1.54, 1.807) is 22.8 Å². The van der Waals surface area contributed by atoms with Gasteiger partial charge in [0, 0.05) is 46.2 Å². The second-order valence-electron chi connectivity index (χ2n) is 7.80. The fourth-order valence-electron chi connectivity index (χ4n) is 4.00. The monoisotopic (exact) mass is 407 g/mol. The van der Waals surface area contributed by atoms with Gasteiger partial charge in [-0.3, -0.25) is 9.59 Å². The van der Waals surface area contributed by atoms with E-state index in [2.05, 4.69) is 0 Å². The summed E-state index contributed by atoms with van der Waals surface area (Å²) in [7, 11) is -3.57. The van der Waals surface area contributed by atoms with Gasteiger partial charge in [-0.1, -0.05) is 12.1 Å². The number of likely N-dealkylation sites (tertiary alicyclic amines) is 1. The minimum Gasteiger partial charge on any atom is -0.342 e. The normalized spacial score (nSPS) is 21.6. The molecule has 154 valence electrons. The Labute approximate surface area is 167 Å². The topological polar surface area (TPSA) is 78.0 Å². The van der Waals surface area contributed by atoms with Gasteiger partial charge in [0.15, 0.2) is 0 Å². The number of amides is 2. The summed E-state index contributed by atoms with van der Waals surface area (Å²) in [6, 6.07) is 5.44. The third-order valence-electron chi connectivity index (χ3n) is 5.73. The van der Waals surface area contributed by atoms with Crippen LogP contribution in [0.4, 0.5) is 0 Å². The Morgan fingerprint density at radius 2 is 1.68 bits per heavy atom. The Hall–Kier alpha value is -1.93. The molecule has 2 fully saturated rings. The smallest absolute Gasteiger partial charge is 0.243 e. The highest BCUT2D eigenvalue weighted by atomic mass is 32.2. The summed E-state index contributed by atoms with van der Waals surface area (Å²) in [4.78, 5) is 28.3. The second-order valence-corrected chi connectivity index (χ2v) is 9.71. The van der Waals surface area contributed by atoms with Gasteiger partial charge in [-0.25, -0.2) is 8.42 Å². The SMILES string of the molecule is CC(=O)N1CCC[C@H](C(=O)N2CCN(S(=O)(=O)c3cc(C)ccc3C)CC2)C1. The molecule has 28 heavy (non-hydrogen) atoms. The van der Waals surface area contributed by atoms with E-state index in [1.165, 1.54) is 11.2 Å². The largest absolute Gasteiger partial charge is 0.342 e. The quantitative estimate of drug-likeness (QED) is 0.759. The van der Waals surface area contributed by atoms with Crippen molar-refractivity contribution >= 4 is 21.8 Å². The lowest BCUT2D eigenvalue weighted by Crippen LogP contribution is -2.54. The molecule has 0 radical (unpaired) electrons. The number of piperidine rings is 1. The number of sulfonamides is 1. The molecule has 0 N–H and O–H groups in total. The van der Waals surface area contributed by atoms with Crippen molar-refractivity contribution < 1.29 is 18.0 Å². The molecule has 0 aromatic heterocycles. The predicted molar refractivity (Wildman–Crippen MR) is 106 cm³/mol. The van der Waals surface area contributed by atoms with Crippen LogP contribution >= 0.6 is 0 Å². The van der Waals surface area contributed by atoms with Crippen molar-refractivity contribution in [2.24, 2.45) is 5.92 Å². The number of rotatable bonds is 3. The van der Waals surface area contributed by atoms with Crippen LogP contribution in [-0.4, -0.2) is 73.6 Å². The molecule has 0 saturated carbocycles. The molecule has 0 spiro atoms. The van der Waals surface area contributed by atoms with Crippen LogP contribution in [0.25, 0.3) is 0 Å². The molecule has 2 amide bonds. The fourth-order valence-corrected chi connectivity index (χ4v) is 5.73. The zero-order valence-electron chi connectivity index (χ0n) is 16.8. The van der Waals surface area contributed by atoms with E-state index in [4.69, 9.17) is 0 Å². The van der Waals surface area contributed by atoms with Crippen molar-refractivity contribution in [3.8, 4) is 0 Å². The Morgan fingerprint density at radius 3 is 2.32 bits per heavy atom. The third-order valence-corrected chi connectivity index (χ3v) is 7.77. The van der Waals surface area contributed by atoms with Gasteiger partial charge < -0.3 is 9.80 Å². The van der Waals surface area contributed by atoms with Crippen molar-refractivity contribution in [3.63, 3.8) is 0 Å². The summed E-state index contributed by atoms with van der Waals surface area (Å²) >= 11 is 0. The number of benzene rings is 1. The van der Waals surface area contributed by atoms with Gasteiger partial charge in [-0.2, -0.15) is 4.31 Å². The van der Waals surface area contributed by atoms with Crippen LogP contribution < -0.4 is 0 Å². The molecule has 3 rings (SSSR count). The summed E-state index contributed by atoms with van der Waals surface area (Å²) in [5.41, 5.74) is 1.64. The Morgan fingerprint density at radius 1 is 1.00 bits per heavy atom. The predicted octanol–water partition coefficient (Wildman–Crippen LogP) is 1.39. The molecule has 2 saturated heterocycles. The van der Waals surface area contributed by atoms with E-state index in [-0.39, 0.29) is 17.7 Å². The average molecular weight is 408 g/mol. The summed E-state index contributed by atoms with van der Waals surface area (Å²) in [5, 5.41) is 0. The van der Waals surface area contributed by atoms with Crippen LogP contribution in [0, 0.1) is 19.8 Å². The maximum absolute atomic E-state index is 13.0. The summed E-state index contributed by atoms with van der Waals surface area (Å²) in [6.45, 7) is 7.76. The number of hydrogen-bond donors (Lipinski definition) is 0. The molecule has 7 nitrogen and oxygen atoms in total. The molecule has 2 aliphatic heterocycles. The van der Waals surface area contributed by atoms with Crippen molar-refractivity contribution in [3.05, 3.63) is 29.3 Å². The number of nitrogens with zero attached hydrogens (tertiary/aromatic N) is 3. The van der Waals surface area contributed by atoms with E-state index in [1.807, 2.05) is 19.1 Å². The molecule has 0 bridgehead atoms. The highest BCUT2D eigenvalue weighted by Gasteiger charge is 2.35. The number of hydrogen-bond acceptors (Lipinski definition) is 4. The highest BCUT2D eigenvalue weighted by Crippen LogP contribution is 2.24. The van der Waals surface area contributed by atoms with Crippen molar-refractivity contribution in [1.29, 1.82) is 0 Å². The Bertz CT molecular complexity index is 860. The van der Waals surface area contributed by atoms with Gasteiger partial charge in [-0.05, 0) is 43.9 Å². The van der Waals surface area contributed by atoms with Crippen molar-refractivity contribution in [2.45, 2.75) is 38.5 Å². The molecule has 1 aromatic rings. The van der Waals surface area contributed by atoms with Gasteiger partial charge >= 0.3 is 0 Å². The lowest BCUT2D eigenvalue weighted by atomic mass is 9.96. The van der Waals surface area contributed by atoms with Crippen molar-refractivity contribution in [1.82, 2.24) is 14.1 Å². The minimum atomic E-state index is -3.57.